The third-order valence-corrected chi connectivity index (χ3v) is 9.22. The summed E-state index contributed by atoms with van der Waals surface area (Å²) in [5.74, 6) is -3.97. The Labute approximate surface area is 300 Å². The Balaban J connectivity index is 1.91. The van der Waals surface area contributed by atoms with Gasteiger partial charge in [-0.05, 0) is 42.9 Å². The monoisotopic (exact) mass is 721 g/mol. The van der Waals surface area contributed by atoms with Gasteiger partial charge >= 0.3 is 0 Å². The predicted molar refractivity (Wildman–Crippen MR) is 195 cm³/mol. The number of primary amides is 1. The normalized spacial score (nSPS) is 13.9. The van der Waals surface area contributed by atoms with Crippen molar-refractivity contribution in [1.82, 2.24) is 26.3 Å². The zero-order valence-electron chi connectivity index (χ0n) is 29.0. The van der Waals surface area contributed by atoms with Gasteiger partial charge in [0.2, 0.25) is 35.3 Å². The molecule has 3 aromatic rings. The van der Waals surface area contributed by atoms with Crippen LogP contribution in [0.15, 0.2) is 59.6 Å². The molecule has 2 aromatic carbocycles. The van der Waals surface area contributed by atoms with E-state index in [9.17, 15) is 28.8 Å². The average Bonchev–Trinajstić information content (AvgIpc) is 3.54. The number of nitrogens with zero attached hydrogens (tertiary/aromatic N) is 2. The van der Waals surface area contributed by atoms with E-state index in [1.165, 1.54) is 18.3 Å². The molecule has 0 aliphatic carbocycles. The number of fused-ring (bicyclic) bond motifs is 1. The van der Waals surface area contributed by atoms with Crippen molar-refractivity contribution in [2.24, 2.45) is 28.1 Å². The van der Waals surface area contributed by atoms with Gasteiger partial charge in [0, 0.05) is 26.3 Å². The number of carbonyl (C=O) groups excluding carboxylic acids is 6. The highest BCUT2D eigenvalue weighted by Gasteiger charge is 2.33. The summed E-state index contributed by atoms with van der Waals surface area (Å²) in [6.07, 6.45) is 0.702. The van der Waals surface area contributed by atoms with Gasteiger partial charge in [0.25, 0.3) is 0 Å². The molecule has 0 saturated carbocycles. The van der Waals surface area contributed by atoms with Crippen LogP contribution in [0.4, 0.5) is 0 Å². The average molecular weight is 722 g/mol. The third kappa shape index (κ3) is 12.8. The first-order valence-corrected chi connectivity index (χ1v) is 17.6. The number of aliphatic imine (C=N–C) groups is 1. The molecule has 0 bridgehead atoms. The van der Waals surface area contributed by atoms with E-state index in [4.69, 9.17) is 17.2 Å². The van der Waals surface area contributed by atoms with Crippen LogP contribution in [0.25, 0.3) is 10.2 Å². The second-order valence-corrected chi connectivity index (χ2v) is 13.3. The van der Waals surface area contributed by atoms with Crippen molar-refractivity contribution < 1.29 is 28.8 Å². The Morgan fingerprint density at radius 2 is 1.43 bits per heavy atom. The number of para-hydroxylation sites is 1. The number of rotatable bonds is 20. The number of nitrogens with one attached hydrogen (secondary N) is 4. The maximum atomic E-state index is 14.0. The van der Waals surface area contributed by atoms with E-state index in [-0.39, 0.29) is 49.1 Å². The van der Waals surface area contributed by atoms with Crippen LogP contribution in [0.1, 0.15) is 68.2 Å². The van der Waals surface area contributed by atoms with E-state index < -0.39 is 59.5 Å². The number of carbonyl (C=O) groups is 6. The molecule has 51 heavy (non-hydrogen) atoms. The maximum Gasteiger partial charge on any atom is 0.243 e. The number of benzene rings is 2. The molecule has 1 aromatic heterocycles. The SMILES string of the molecule is CC[C@@H](C)[C@H](NC(C)=O)C(=O)N[C@@H](CCC(N)=O)C(=O)N[C@@H](Cc1ccccc1)C(=O)N[C@@H](CCCN=C(N)N)C(=O)c1nc2ccccc2s1. The Hall–Kier alpha value is -5.38. The number of guanidine groups is 1. The fourth-order valence-corrected chi connectivity index (χ4v) is 6.20. The summed E-state index contributed by atoms with van der Waals surface area (Å²) in [6, 6.07) is 11.7. The Morgan fingerprint density at radius 3 is 2.06 bits per heavy atom. The van der Waals surface area contributed by atoms with Crippen molar-refractivity contribution in [2.75, 3.05) is 6.54 Å². The van der Waals surface area contributed by atoms with Crippen molar-refractivity contribution in [3.8, 4) is 0 Å². The van der Waals surface area contributed by atoms with E-state index in [1.54, 1.807) is 43.3 Å². The number of hydrogen-bond donors (Lipinski definition) is 7. The van der Waals surface area contributed by atoms with E-state index in [2.05, 4.69) is 31.2 Å². The van der Waals surface area contributed by atoms with Gasteiger partial charge in [-0.2, -0.15) is 0 Å². The third-order valence-electron chi connectivity index (χ3n) is 8.17. The first-order chi connectivity index (χ1) is 24.3. The molecule has 5 atom stereocenters. The van der Waals surface area contributed by atoms with Gasteiger partial charge in [-0.1, -0.05) is 62.7 Å². The minimum atomic E-state index is -1.28. The summed E-state index contributed by atoms with van der Waals surface area (Å²) in [5, 5.41) is 11.0. The van der Waals surface area contributed by atoms with Crippen molar-refractivity contribution in [1.29, 1.82) is 0 Å². The summed E-state index contributed by atoms with van der Waals surface area (Å²) in [5.41, 5.74) is 17.7. The molecular weight excluding hydrogens is 675 g/mol. The predicted octanol–water partition coefficient (Wildman–Crippen LogP) is 1.05. The van der Waals surface area contributed by atoms with Crippen LogP contribution in [-0.2, 0) is 30.4 Å². The first-order valence-electron chi connectivity index (χ1n) is 16.7. The molecule has 16 heteroatoms. The molecule has 15 nitrogen and oxygen atoms in total. The lowest BCUT2D eigenvalue weighted by molar-refractivity contribution is -0.134. The standard InChI is InChI=1S/C35H47N9O6S/c1-4-20(2)29(40-21(3)45)33(50)42-25(16-17-28(36)46)31(48)43-26(19-22-11-6-5-7-12-22)32(49)41-24(14-10-18-39-35(37)38)30(47)34-44-23-13-8-9-15-27(23)51-34/h5-9,11-13,15,20,24-26,29H,4,10,14,16-19H2,1-3H3,(H2,36,46)(H,40,45)(H,41,49)(H,42,50)(H,43,48)(H4,37,38,39)/t20-,24+,25+,26+,29+/m1/s1. The van der Waals surface area contributed by atoms with E-state index in [0.29, 0.717) is 23.9 Å². The van der Waals surface area contributed by atoms with E-state index >= 15 is 0 Å². The van der Waals surface area contributed by atoms with Gasteiger partial charge in [-0.25, -0.2) is 4.98 Å². The summed E-state index contributed by atoms with van der Waals surface area (Å²) in [7, 11) is 0. The van der Waals surface area contributed by atoms with Crippen LogP contribution in [0.3, 0.4) is 0 Å². The number of nitrogens with two attached hydrogens (primary N) is 3. The zero-order valence-corrected chi connectivity index (χ0v) is 29.8. The highest BCUT2D eigenvalue weighted by molar-refractivity contribution is 7.20. The van der Waals surface area contributed by atoms with Crippen LogP contribution >= 0.6 is 11.3 Å². The van der Waals surface area contributed by atoms with Gasteiger partial charge in [-0.15, -0.1) is 11.3 Å². The molecule has 0 radical (unpaired) electrons. The highest BCUT2D eigenvalue weighted by atomic mass is 32.1. The molecule has 1 heterocycles. The van der Waals surface area contributed by atoms with Crippen LogP contribution < -0.4 is 38.5 Å². The summed E-state index contributed by atoms with van der Waals surface area (Å²) in [4.78, 5) is 87.1. The number of ketones is 1. The minimum absolute atomic E-state index is 0.0341. The molecule has 3 rings (SSSR count). The van der Waals surface area contributed by atoms with Crippen molar-refractivity contribution in [2.45, 2.75) is 83.5 Å². The number of hydrogen-bond acceptors (Lipinski definition) is 9. The smallest absolute Gasteiger partial charge is 0.243 e. The second kappa shape index (κ2) is 19.7. The van der Waals surface area contributed by atoms with Crippen LogP contribution in [0, 0.1) is 5.92 Å². The Bertz CT molecular complexity index is 1680. The highest BCUT2D eigenvalue weighted by Crippen LogP contribution is 2.23. The molecule has 0 aliphatic rings. The fourth-order valence-electron chi connectivity index (χ4n) is 5.24. The van der Waals surface area contributed by atoms with Gasteiger partial charge in [-0.3, -0.25) is 33.8 Å². The molecule has 5 amide bonds. The molecule has 274 valence electrons. The first kappa shape index (κ1) is 40.1. The lowest BCUT2D eigenvalue weighted by Crippen LogP contribution is -2.59. The lowest BCUT2D eigenvalue weighted by atomic mass is 9.97. The summed E-state index contributed by atoms with van der Waals surface area (Å²) < 4.78 is 0.804. The van der Waals surface area contributed by atoms with Crippen molar-refractivity contribution >= 4 is 62.8 Å². The van der Waals surface area contributed by atoms with Crippen LogP contribution in [0.5, 0.6) is 0 Å². The Morgan fingerprint density at radius 1 is 0.804 bits per heavy atom. The van der Waals surface area contributed by atoms with Gasteiger partial charge in [0.15, 0.2) is 11.0 Å². The van der Waals surface area contributed by atoms with Gasteiger partial charge in [0.05, 0.1) is 16.3 Å². The number of aromatic nitrogens is 1. The molecule has 0 spiro atoms. The maximum absolute atomic E-state index is 14.0. The summed E-state index contributed by atoms with van der Waals surface area (Å²) >= 11 is 1.20. The van der Waals surface area contributed by atoms with Gasteiger partial charge < -0.3 is 38.5 Å². The largest absolute Gasteiger partial charge is 0.370 e. The Kier molecular flexibility index (Phi) is 15.5. The van der Waals surface area contributed by atoms with Crippen molar-refractivity contribution in [3.05, 3.63) is 65.2 Å². The quantitative estimate of drug-likeness (QED) is 0.0380. The van der Waals surface area contributed by atoms with E-state index in [0.717, 1.165) is 4.70 Å². The van der Waals surface area contributed by atoms with Crippen molar-refractivity contribution in [3.63, 3.8) is 0 Å². The molecule has 10 N–H and O–H groups in total. The minimum Gasteiger partial charge on any atom is -0.370 e. The zero-order chi connectivity index (χ0) is 37.5. The fraction of sp³-hybridized carbons (Fsp3) is 0.429. The van der Waals surface area contributed by atoms with Crippen LogP contribution in [-0.4, -0.2) is 77.0 Å². The molecule has 0 fully saturated rings. The number of thiazole rings is 1. The molecular formula is C35H47N9O6S. The van der Waals surface area contributed by atoms with Crippen LogP contribution in [0.2, 0.25) is 0 Å². The number of Topliss-reactive ketones (excluding diaryl/α,β-unsaturated/α-hetero) is 1. The summed E-state index contributed by atoms with van der Waals surface area (Å²) in [6.45, 7) is 5.13. The topological polar surface area (TPSA) is 254 Å². The molecule has 0 saturated heterocycles. The molecule has 0 aliphatic heterocycles. The van der Waals surface area contributed by atoms with E-state index in [1.807, 2.05) is 25.1 Å². The second-order valence-electron chi connectivity index (χ2n) is 12.2. The number of amides is 5. The van der Waals surface area contributed by atoms with Gasteiger partial charge in [0.1, 0.15) is 18.1 Å². The lowest BCUT2D eigenvalue weighted by Gasteiger charge is -2.28. The molecule has 0 unspecified atom stereocenters.